The van der Waals surface area contributed by atoms with Crippen LogP contribution in [0.3, 0.4) is 0 Å². The molecule has 1 aliphatic heterocycles. The minimum Gasteiger partial charge on any atom is -0.368 e. The van der Waals surface area contributed by atoms with E-state index in [0.29, 0.717) is 6.04 Å². The Hall–Kier alpha value is -0.610. The van der Waals surface area contributed by atoms with Gasteiger partial charge >= 0.3 is 0 Å². The molecule has 4 unspecified atom stereocenters. The van der Waals surface area contributed by atoms with Crippen LogP contribution in [0.2, 0.25) is 0 Å². The predicted octanol–water partition coefficient (Wildman–Crippen LogP) is 2.27. The number of likely N-dealkylation sites (N-methyl/N-ethyl adjacent to an activating group) is 1. The monoisotopic (exact) mass is 295 g/mol. The van der Waals surface area contributed by atoms with Gasteiger partial charge in [-0.05, 0) is 65.0 Å². The topological polar surface area (TPSA) is 58.4 Å². The van der Waals surface area contributed by atoms with Gasteiger partial charge in [0.15, 0.2) is 0 Å². The van der Waals surface area contributed by atoms with Crippen molar-refractivity contribution in [2.75, 3.05) is 13.1 Å². The summed E-state index contributed by atoms with van der Waals surface area (Å²) in [5, 5.41) is 3.30. The molecular formula is C17H33N3O. The fraction of sp³-hybridized carbons (Fsp3) is 0.941. The van der Waals surface area contributed by atoms with Crippen LogP contribution in [-0.4, -0.2) is 41.5 Å². The summed E-state index contributed by atoms with van der Waals surface area (Å²) in [6.45, 7) is 8.22. The number of carbonyl (C=O) groups excluding carboxylic acids is 1. The number of hydrogen-bond donors (Lipinski definition) is 2. The van der Waals surface area contributed by atoms with Crippen LogP contribution in [0.1, 0.15) is 65.7 Å². The molecule has 0 aromatic heterocycles. The van der Waals surface area contributed by atoms with Gasteiger partial charge in [0, 0.05) is 12.1 Å². The third-order valence-corrected chi connectivity index (χ3v) is 5.67. The molecule has 0 spiro atoms. The van der Waals surface area contributed by atoms with E-state index in [1.165, 1.54) is 45.1 Å². The summed E-state index contributed by atoms with van der Waals surface area (Å²) in [6.07, 6.45) is 9.01. The number of fused-ring (bicyclic) bond motifs is 1. The largest absolute Gasteiger partial charge is 0.368 e. The zero-order valence-corrected chi connectivity index (χ0v) is 14.0. The first-order chi connectivity index (χ1) is 9.98. The van der Waals surface area contributed by atoms with E-state index in [2.05, 4.69) is 17.1 Å². The number of piperidine rings is 1. The lowest BCUT2D eigenvalue weighted by Crippen LogP contribution is -2.58. The van der Waals surface area contributed by atoms with Gasteiger partial charge in [0.25, 0.3) is 0 Å². The van der Waals surface area contributed by atoms with Crippen molar-refractivity contribution >= 4 is 5.91 Å². The molecule has 0 aromatic rings. The van der Waals surface area contributed by atoms with Crippen molar-refractivity contribution in [1.82, 2.24) is 10.2 Å². The summed E-state index contributed by atoms with van der Waals surface area (Å²) < 4.78 is 0. The highest BCUT2D eigenvalue weighted by molar-refractivity contribution is 5.84. The summed E-state index contributed by atoms with van der Waals surface area (Å²) in [6, 6.07) is 1.15. The lowest BCUT2D eigenvalue weighted by atomic mass is 9.77. The van der Waals surface area contributed by atoms with Crippen molar-refractivity contribution in [2.24, 2.45) is 11.7 Å². The van der Waals surface area contributed by atoms with Crippen LogP contribution in [0.25, 0.3) is 0 Å². The molecule has 2 aliphatic rings. The standard InChI is InChI=1S/C17H33N3O/c1-4-19-17(3,16(18)21)12-13(2)20-11-7-9-14-8-5-6-10-15(14)20/h13-15,19H,4-12H2,1-3H3,(H2,18,21). The van der Waals surface area contributed by atoms with Gasteiger partial charge in [-0.3, -0.25) is 9.69 Å². The molecule has 0 radical (unpaired) electrons. The molecule has 2 fully saturated rings. The molecule has 21 heavy (non-hydrogen) atoms. The summed E-state index contributed by atoms with van der Waals surface area (Å²) in [4.78, 5) is 14.5. The quantitative estimate of drug-likeness (QED) is 0.790. The smallest absolute Gasteiger partial charge is 0.237 e. The van der Waals surface area contributed by atoms with Crippen LogP contribution >= 0.6 is 0 Å². The number of nitrogens with two attached hydrogens (primary N) is 1. The second-order valence-electron chi connectivity index (χ2n) is 7.27. The Bertz CT molecular complexity index is 358. The number of rotatable bonds is 6. The molecule has 1 saturated carbocycles. The molecule has 1 amide bonds. The summed E-state index contributed by atoms with van der Waals surface area (Å²) in [5.41, 5.74) is 5.06. The number of hydrogen-bond acceptors (Lipinski definition) is 3. The lowest BCUT2D eigenvalue weighted by molar-refractivity contribution is -0.125. The molecule has 2 rings (SSSR count). The van der Waals surface area contributed by atoms with E-state index in [0.717, 1.165) is 24.9 Å². The molecule has 1 heterocycles. The van der Waals surface area contributed by atoms with Crippen LogP contribution in [0.4, 0.5) is 0 Å². The molecule has 122 valence electrons. The van der Waals surface area contributed by atoms with Gasteiger partial charge in [-0.1, -0.05) is 19.8 Å². The average molecular weight is 295 g/mol. The summed E-state index contributed by atoms with van der Waals surface area (Å²) >= 11 is 0. The fourth-order valence-electron chi connectivity index (χ4n) is 4.57. The highest BCUT2D eigenvalue weighted by Crippen LogP contribution is 2.37. The van der Waals surface area contributed by atoms with Gasteiger partial charge in [0.05, 0.1) is 5.54 Å². The van der Waals surface area contributed by atoms with Crippen molar-refractivity contribution in [2.45, 2.75) is 83.3 Å². The molecular weight excluding hydrogens is 262 g/mol. The highest BCUT2D eigenvalue weighted by atomic mass is 16.1. The maximum absolute atomic E-state index is 11.9. The van der Waals surface area contributed by atoms with E-state index < -0.39 is 5.54 Å². The van der Waals surface area contributed by atoms with Crippen LogP contribution in [0.15, 0.2) is 0 Å². The van der Waals surface area contributed by atoms with Crippen molar-refractivity contribution < 1.29 is 4.79 Å². The minimum atomic E-state index is -0.588. The molecule has 4 nitrogen and oxygen atoms in total. The normalized spacial score (nSPS) is 31.2. The van der Waals surface area contributed by atoms with E-state index in [1.807, 2.05) is 13.8 Å². The van der Waals surface area contributed by atoms with Gasteiger partial charge in [0.2, 0.25) is 5.91 Å². The number of amides is 1. The second kappa shape index (κ2) is 7.10. The molecule has 4 heteroatoms. The van der Waals surface area contributed by atoms with Crippen molar-refractivity contribution in [3.05, 3.63) is 0 Å². The molecule has 1 saturated heterocycles. The molecule has 0 bridgehead atoms. The molecule has 4 atom stereocenters. The fourth-order valence-corrected chi connectivity index (χ4v) is 4.57. The van der Waals surface area contributed by atoms with E-state index in [1.54, 1.807) is 0 Å². The van der Waals surface area contributed by atoms with Gasteiger partial charge < -0.3 is 11.1 Å². The summed E-state index contributed by atoms with van der Waals surface area (Å²) in [5.74, 6) is 0.655. The third-order valence-electron chi connectivity index (χ3n) is 5.67. The first kappa shape index (κ1) is 16.8. The van der Waals surface area contributed by atoms with Crippen LogP contribution < -0.4 is 11.1 Å². The molecule has 0 aromatic carbocycles. The number of primary amides is 1. The zero-order chi connectivity index (χ0) is 15.5. The van der Waals surface area contributed by atoms with E-state index in [9.17, 15) is 4.79 Å². The first-order valence-electron chi connectivity index (χ1n) is 8.78. The van der Waals surface area contributed by atoms with E-state index in [4.69, 9.17) is 5.73 Å². The summed E-state index contributed by atoms with van der Waals surface area (Å²) in [7, 11) is 0. The Morgan fingerprint density at radius 1 is 1.33 bits per heavy atom. The Balaban J connectivity index is 2.03. The Morgan fingerprint density at radius 3 is 2.67 bits per heavy atom. The Morgan fingerprint density at radius 2 is 2.00 bits per heavy atom. The van der Waals surface area contributed by atoms with Gasteiger partial charge in [-0.15, -0.1) is 0 Å². The zero-order valence-electron chi connectivity index (χ0n) is 14.0. The predicted molar refractivity (Wildman–Crippen MR) is 87.0 cm³/mol. The maximum Gasteiger partial charge on any atom is 0.237 e. The van der Waals surface area contributed by atoms with Crippen LogP contribution in [0.5, 0.6) is 0 Å². The average Bonchev–Trinajstić information content (AvgIpc) is 2.46. The van der Waals surface area contributed by atoms with E-state index in [-0.39, 0.29) is 5.91 Å². The highest BCUT2D eigenvalue weighted by Gasteiger charge is 2.39. The number of nitrogens with one attached hydrogen (secondary N) is 1. The first-order valence-corrected chi connectivity index (χ1v) is 8.78. The number of likely N-dealkylation sites (tertiary alicyclic amines) is 1. The van der Waals surface area contributed by atoms with Crippen molar-refractivity contribution in [3.63, 3.8) is 0 Å². The van der Waals surface area contributed by atoms with Crippen LogP contribution in [-0.2, 0) is 4.79 Å². The number of carbonyl (C=O) groups is 1. The minimum absolute atomic E-state index is 0.228. The van der Waals surface area contributed by atoms with Gasteiger partial charge in [0.1, 0.15) is 0 Å². The lowest BCUT2D eigenvalue weighted by Gasteiger charge is -2.48. The maximum atomic E-state index is 11.9. The molecule has 1 aliphatic carbocycles. The van der Waals surface area contributed by atoms with Gasteiger partial charge in [-0.25, -0.2) is 0 Å². The number of nitrogens with zero attached hydrogens (tertiary/aromatic N) is 1. The van der Waals surface area contributed by atoms with Crippen molar-refractivity contribution in [3.8, 4) is 0 Å². The Kier molecular flexibility index (Phi) is 5.67. The van der Waals surface area contributed by atoms with E-state index >= 15 is 0 Å². The SMILES string of the molecule is CCNC(C)(CC(C)N1CCCC2CCCCC21)C(N)=O. The molecule has 3 N–H and O–H groups in total. The second-order valence-corrected chi connectivity index (χ2v) is 7.27. The Labute approximate surface area is 129 Å². The van der Waals surface area contributed by atoms with Crippen molar-refractivity contribution in [1.29, 1.82) is 0 Å². The van der Waals surface area contributed by atoms with Crippen LogP contribution in [0, 0.1) is 5.92 Å². The van der Waals surface area contributed by atoms with Gasteiger partial charge in [-0.2, -0.15) is 0 Å². The third kappa shape index (κ3) is 3.78.